The largest absolute Gasteiger partial charge is 0.497 e. The number of hydrogen-bond acceptors (Lipinski definition) is 4. The minimum Gasteiger partial charge on any atom is -0.497 e. The quantitative estimate of drug-likeness (QED) is 0.850. The average Bonchev–Trinajstić information content (AvgIpc) is 3.63. The average molecular weight is 405 g/mol. The summed E-state index contributed by atoms with van der Waals surface area (Å²) in [6, 6.07) is 12.4. The molecule has 1 N–H and O–H groups in total. The zero-order chi connectivity index (χ0) is 20.8. The van der Waals surface area contributed by atoms with Gasteiger partial charge in [0.2, 0.25) is 11.8 Å². The summed E-state index contributed by atoms with van der Waals surface area (Å²) in [7, 11) is 1.62. The van der Waals surface area contributed by atoms with Crippen LogP contribution in [0.5, 0.6) is 5.75 Å². The van der Waals surface area contributed by atoms with Gasteiger partial charge in [0, 0.05) is 19.0 Å². The Morgan fingerprint density at radius 1 is 1.03 bits per heavy atom. The van der Waals surface area contributed by atoms with Gasteiger partial charge < -0.3 is 19.9 Å². The lowest BCUT2D eigenvalue weighted by Crippen LogP contribution is -2.59. The van der Waals surface area contributed by atoms with Gasteiger partial charge in [0.05, 0.1) is 24.9 Å². The predicted octanol–water partition coefficient (Wildman–Crippen LogP) is 2.38. The fourth-order valence-electron chi connectivity index (χ4n) is 4.20. The molecular weight excluding hydrogens is 382 g/mol. The van der Waals surface area contributed by atoms with E-state index in [1.165, 1.54) is 0 Å². The molecule has 1 saturated heterocycles. The summed E-state index contributed by atoms with van der Waals surface area (Å²) in [5.41, 5.74) is 2.83. The maximum absolute atomic E-state index is 13.3. The third kappa shape index (κ3) is 3.20. The topological polar surface area (TPSA) is 79.0 Å². The van der Waals surface area contributed by atoms with E-state index in [0.29, 0.717) is 24.3 Å². The van der Waals surface area contributed by atoms with Crippen molar-refractivity contribution in [3.05, 3.63) is 48.0 Å². The number of ether oxygens (including phenoxy) is 1. The molecule has 3 amide bonds. The molecule has 1 unspecified atom stereocenters. The molecule has 0 bridgehead atoms. The lowest BCUT2D eigenvalue weighted by atomic mass is 10.0. The molecule has 2 aromatic rings. The molecule has 1 atom stereocenters. The number of carbonyl (C=O) groups excluding carboxylic acids is 3. The van der Waals surface area contributed by atoms with Crippen molar-refractivity contribution in [3.63, 3.8) is 0 Å². The molecule has 2 aromatic carbocycles. The number of rotatable bonds is 3. The van der Waals surface area contributed by atoms with Gasteiger partial charge in [0.25, 0.3) is 5.91 Å². The second-order valence-corrected chi connectivity index (χ2v) is 8.05. The summed E-state index contributed by atoms with van der Waals surface area (Å²) in [5, 5.41) is 2.89. The number of methoxy groups -OCH3 is 1. The first-order valence-electron chi connectivity index (χ1n) is 10.2. The number of amides is 3. The standard InChI is InChI=1S/C23H23N3O4/c1-30-17-7-4-14(5-8-17)16-6-9-19-18(12-16)23(29)26-11-10-25(22(28)15-2-3-15)13-20(26)21(27)24-19/h4-9,12,15,20H,2-3,10-11,13H2,1H3,(H,24,27). The fraction of sp³-hybridized carbons (Fsp3) is 0.348. The Morgan fingerprint density at radius 3 is 2.47 bits per heavy atom. The number of benzene rings is 2. The summed E-state index contributed by atoms with van der Waals surface area (Å²) >= 11 is 0. The monoisotopic (exact) mass is 405 g/mol. The highest BCUT2D eigenvalue weighted by Crippen LogP contribution is 2.34. The van der Waals surface area contributed by atoms with Gasteiger partial charge in [-0.05, 0) is 48.2 Å². The number of piperazine rings is 1. The smallest absolute Gasteiger partial charge is 0.256 e. The van der Waals surface area contributed by atoms with E-state index in [2.05, 4.69) is 5.32 Å². The Labute approximate surface area is 174 Å². The molecule has 0 aromatic heterocycles. The van der Waals surface area contributed by atoms with Crippen LogP contribution in [0.25, 0.3) is 11.1 Å². The van der Waals surface area contributed by atoms with Crippen molar-refractivity contribution in [1.82, 2.24) is 9.80 Å². The van der Waals surface area contributed by atoms with Gasteiger partial charge in [-0.3, -0.25) is 14.4 Å². The van der Waals surface area contributed by atoms with Crippen molar-refractivity contribution in [2.75, 3.05) is 32.1 Å². The lowest BCUT2D eigenvalue weighted by molar-refractivity contribution is -0.136. The van der Waals surface area contributed by atoms with Crippen LogP contribution in [0.1, 0.15) is 23.2 Å². The van der Waals surface area contributed by atoms with E-state index in [4.69, 9.17) is 4.74 Å². The van der Waals surface area contributed by atoms with E-state index < -0.39 is 6.04 Å². The number of nitrogens with one attached hydrogen (secondary N) is 1. The van der Waals surface area contributed by atoms with E-state index in [0.717, 1.165) is 29.7 Å². The van der Waals surface area contributed by atoms with E-state index >= 15 is 0 Å². The van der Waals surface area contributed by atoms with Crippen LogP contribution in [-0.2, 0) is 9.59 Å². The molecule has 3 aliphatic rings. The van der Waals surface area contributed by atoms with Crippen molar-refractivity contribution in [1.29, 1.82) is 0 Å². The maximum atomic E-state index is 13.3. The zero-order valence-electron chi connectivity index (χ0n) is 16.8. The van der Waals surface area contributed by atoms with Crippen LogP contribution >= 0.6 is 0 Å². The van der Waals surface area contributed by atoms with Crippen molar-refractivity contribution < 1.29 is 19.1 Å². The third-order valence-electron chi connectivity index (χ3n) is 6.11. The highest BCUT2D eigenvalue weighted by atomic mass is 16.5. The second-order valence-electron chi connectivity index (χ2n) is 8.05. The lowest BCUT2D eigenvalue weighted by Gasteiger charge is -2.39. The molecule has 1 saturated carbocycles. The zero-order valence-corrected chi connectivity index (χ0v) is 16.8. The van der Waals surface area contributed by atoms with Crippen molar-refractivity contribution in [2.24, 2.45) is 5.92 Å². The van der Waals surface area contributed by atoms with E-state index in [-0.39, 0.29) is 30.2 Å². The van der Waals surface area contributed by atoms with Gasteiger partial charge in [-0.1, -0.05) is 18.2 Å². The highest BCUT2D eigenvalue weighted by molar-refractivity contribution is 6.10. The van der Waals surface area contributed by atoms with E-state index in [9.17, 15) is 14.4 Å². The number of carbonyl (C=O) groups is 3. The van der Waals surface area contributed by atoms with Crippen LogP contribution in [-0.4, -0.2) is 60.3 Å². The van der Waals surface area contributed by atoms with Crippen molar-refractivity contribution in [2.45, 2.75) is 18.9 Å². The highest BCUT2D eigenvalue weighted by Gasteiger charge is 2.43. The Hall–Kier alpha value is -3.35. The molecule has 2 fully saturated rings. The number of nitrogens with zero attached hydrogens (tertiary/aromatic N) is 2. The fourth-order valence-corrected chi connectivity index (χ4v) is 4.20. The summed E-state index contributed by atoms with van der Waals surface area (Å²) in [4.78, 5) is 42.0. The Morgan fingerprint density at radius 2 is 1.77 bits per heavy atom. The summed E-state index contributed by atoms with van der Waals surface area (Å²) in [6.45, 7) is 1.09. The number of anilines is 1. The van der Waals surface area contributed by atoms with Gasteiger partial charge in [-0.2, -0.15) is 0 Å². The summed E-state index contributed by atoms with van der Waals surface area (Å²) in [5.74, 6) is 0.553. The van der Waals surface area contributed by atoms with E-state index in [1.807, 2.05) is 36.4 Å². The number of hydrogen-bond donors (Lipinski definition) is 1. The normalized spacial score (nSPS) is 20.8. The Kier molecular flexibility index (Phi) is 4.46. The van der Waals surface area contributed by atoms with Gasteiger partial charge in [0.1, 0.15) is 11.8 Å². The molecule has 0 spiro atoms. The first-order valence-corrected chi connectivity index (χ1v) is 10.2. The maximum Gasteiger partial charge on any atom is 0.256 e. The molecule has 2 heterocycles. The first-order chi connectivity index (χ1) is 14.5. The molecule has 154 valence electrons. The minimum absolute atomic E-state index is 0.102. The molecule has 0 radical (unpaired) electrons. The SMILES string of the molecule is COc1ccc(-c2ccc3c(c2)C(=O)N2CCN(C(=O)C4CC4)CC2C(=O)N3)cc1. The molecule has 2 aliphatic heterocycles. The van der Waals surface area contributed by atoms with Crippen LogP contribution in [0.3, 0.4) is 0 Å². The first kappa shape index (κ1) is 18.7. The molecule has 30 heavy (non-hydrogen) atoms. The molecule has 7 heteroatoms. The van der Waals surface area contributed by atoms with Crippen LogP contribution < -0.4 is 10.1 Å². The molecular formula is C23H23N3O4. The van der Waals surface area contributed by atoms with Crippen molar-refractivity contribution in [3.8, 4) is 16.9 Å². The van der Waals surface area contributed by atoms with Crippen LogP contribution in [0.2, 0.25) is 0 Å². The van der Waals surface area contributed by atoms with Crippen LogP contribution in [0.15, 0.2) is 42.5 Å². The predicted molar refractivity (Wildman–Crippen MR) is 111 cm³/mol. The minimum atomic E-state index is -0.661. The van der Waals surface area contributed by atoms with Gasteiger partial charge >= 0.3 is 0 Å². The van der Waals surface area contributed by atoms with Crippen LogP contribution in [0, 0.1) is 5.92 Å². The Bertz CT molecular complexity index is 1030. The van der Waals surface area contributed by atoms with Gasteiger partial charge in [-0.25, -0.2) is 0 Å². The summed E-state index contributed by atoms with van der Waals surface area (Å²) < 4.78 is 5.21. The molecule has 7 nitrogen and oxygen atoms in total. The summed E-state index contributed by atoms with van der Waals surface area (Å²) in [6.07, 6.45) is 1.85. The third-order valence-corrected chi connectivity index (χ3v) is 6.11. The Balaban J connectivity index is 1.44. The van der Waals surface area contributed by atoms with Gasteiger partial charge in [-0.15, -0.1) is 0 Å². The number of fused-ring (bicyclic) bond motifs is 2. The van der Waals surface area contributed by atoms with Gasteiger partial charge in [0.15, 0.2) is 0 Å². The molecule has 5 rings (SSSR count). The molecule has 1 aliphatic carbocycles. The van der Waals surface area contributed by atoms with E-state index in [1.54, 1.807) is 23.0 Å². The van der Waals surface area contributed by atoms with Crippen LogP contribution in [0.4, 0.5) is 5.69 Å². The second kappa shape index (κ2) is 7.16. The van der Waals surface area contributed by atoms with Crippen molar-refractivity contribution >= 4 is 23.4 Å².